The number of amides is 4. The van der Waals surface area contributed by atoms with Crippen molar-refractivity contribution in [3.8, 4) is 5.75 Å². The van der Waals surface area contributed by atoms with Crippen LogP contribution in [0.4, 0.5) is 0 Å². The number of para-hydroxylation sites is 1. The van der Waals surface area contributed by atoms with Crippen molar-refractivity contribution in [2.24, 2.45) is 0 Å². The van der Waals surface area contributed by atoms with Crippen LogP contribution in [0.25, 0.3) is 0 Å². The Labute approximate surface area is 194 Å². The number of esters is 1. The molecule has 0 aliphatic carbocycles. The van der Waals surface area contributed by atoms with E-state index in [1.807, 2.05) is 11.4 Å². The summed E-state index contributed by atoms with van der Waals surface area (Å²) >= 11 is 0. The highest BCUT2D eigenvalue weighted by Gasteiger charge is 2.39. The van der Waals surface area contributed by atoms with Crippen LogP contribution in [-0.4, -0.2) is 40.5 Å². The van der Waals surface area contributed by atoms with E-state index < -0.39 is 12.0 Å². The molecule has 178 valence electrons. The van der Waals surface area contributed by atoms with Gasteiger partial charge >= 0.3 is 5.97 Å². The smallest absolute Gasteiger partial charge is 0.334 e. The van der Waals surface area contributed by atoms with Crippen LogP contribution in [0.15, 0.2) is 42.5 Å². The van der Waals surface area contributed by atoms with Gasteiger partial charge in [-0.15, -0.1) is 0 Å². The first kappa shape index (κ1) is 26.0. The number of hydrogen-bond acceptors (Lipinski definition) is 6. The SMILES string of the molecule is CCCCCCCCCC(C(=O)Oc1ccccc1)N1C(=O)CCC1=O.O=C1C=CC(=O)N1. The lowest BCUT2D eigenvalue weighted by Crippen LogP contribution is -2.46. The fourth-order valence-corrected chi connectivity index (χ4v) is 3.62. The summed E-state index contributed by atoms with van der Waals surface area (Å²) in [4.78, 5) is 58.0. The lowest BCUT2D eigenvalue weighted by atomic mass is 10.0. The van der Waals surface area contributed by atoms with Crippen molar-refractivity contribution in [2.45, 2.75) is 77.2 Å². The molecule has 1 aromatic rings. The van der Waals surface area contributed by atoms with Gasteiger partial charge in [0.1, 0.15) is 11.8 Å². The third-order valence-electron chi connectivity index (χ3n) is 5.35. The zero-order valence-electron chi connectivity index (χ0n) is 19.1. The molecule has 0 bridgehead atoms. The average molecular weight is 457 g/mol. The van der Waals surface area contributed by atoms with Crippen molar-refractivity contribution in [1.29, 1.82) is 0 Å². The fraction of sp³-hybridized carbons (Fsp3) is 0.480. The lowest BCUT2D eigenvalue weighted by Gasteiger charge is -2.24. The first-order chi connectivity index (χ1) is 15.9. The molecule has 8 heteroatoms. The number of imide groups is 2. The molecule has 1 aromatic carbocycles. The Hall–Kier alpha value is -3.29. The summed E-state index contributed by atoms with van der Waals surface area (Å²) in [5, 5.41) is 2.03. The summed E-state index contributed by atoms with van der Waals surface area (Å²) < 4.78 is 5.41. The second-order valence-electron chi connectivity index (χ2n) is 8.00. The number of carbonyl (C=O) groups is 5. The van der Waals surface area contributed by atoms with Gasteiger partial charge in [-0.25, -0.2) is 4.79 Å². The maximum atomic E-state index is 12.6. The highest BCUT2D eigenvalue weighted by molar-refractivity contribution is 6.12. The van der Waals surface area contributed by atoms with E-state index >= 15 is 0 Å². The molecule has 2 aliphatic rings. The largest absolute Gasteiger partial charge is 0.425 e. The van der Waals surface area contributed by atoms with Crippen LogP contribution in [0, 0.1) is 0 Å². The molecule has 0 spiro atoms. The molecule has 1 fully saturated rings. The molecule has 1 unspecified atom stereocenters. The van der Waals surface area contributed by atoms with Crippen molar-refractivity contribution >= 4 is 29.6 Å². The van der Waals surface area contributed by atoms with Gasteiger partial charge < -0.3 is 4.74 Å². The molecule has 0 aromatic heterocycles. The van der Waals surface area contributed by atoms with Gasteiger partial charge in [0.25, 0.3) is 11.8 Å². The highest BCUT2D eigenvalue weighted by Crippen LogP contribution is 2.22. The second kappa shape index (κ2) is 14.0. The van der Waals surface area contributed by atoms with E-state index in [-0.39, 0.29) is 36.5 Å². The van der Waals surface area contributed by atoms with Gasteiger partial charge in [0.15, 0.2) is 0 Å². The van der Waals surface area contributed by atoms with Crippen LogP contribution < -0.4 is 10.1 Å². The van der Waals surface area contributed by atoms with E-state index in [1.165, 1.54) is 37.8 Å². The first-order valence-corrected chi connectivity index (χ1v) is 11.6. The predicted molar refractivity (Wildman–Crippen MR) is 122 cm³/mol. The number of likely N-dealkylation sites (tertiary alicyclic amines) is 1. The summed E-state index contributed by atoms with van der Waals surface area (Å²) in [5.41, 5.74) is 0. The summed E-state index contributed by atoms with van der Waals surface area (Å²) in [6, 6.07) is 7.96. The fourth-order valence-electron chi connectivity index (χ4n) is 3.62. The topological polar surface area (TPSA) is 110 Å². The molecular weight excluding hydrogens is 424 g/mol. The zero-order chi connectivity index (χ0) is 24.1. The number of hydrogen-bond donors (Lipinski definition) is 1. The van der Waals surface area contributed by atoms with Crippen LogP contribution in [-0.2, 0) is 24.0 Å². The average Bonchev–Trinajstić information content (AvgIpc) is 3.34. The maximum Gasteiger partial charge on any atom is 0.334 e. The molecule has 1 N–H and O–H groups in total. The van der Waals surface area contributed by atoms with Crippen LogP contribution in [0.1, 0.15) is 71.1 Å². The van der Waals surface area contributed by atoms with Crippen LogP contribution in [0.3, 0.4) is 0 Å². The summed E-state index contributed by atoms with van der Waals surface area (Å²) in [7, 11) is 0. The van der Waals surface area contributed by atoms with Gasteiger partial charge in [-0.3, -0.25) is 29.4 Å². The molecule has 3 rings (SSSR count). The standard InChI is InChI=1S/C21H29NO4.C4H3NO2/c1-2-3-4-5-6-7-11-14-18(22-19(23)15-16-20(22)24)21(25)26-17-12-9-8-10-13-17;6-3-1-2-4(7)5-3/h8-10,12-13,18H,2-7,11,14-16H2,1H3;1-2H,(H,5,6,7). The summed E-state index contributed by atoms with van der Waals surface area (Å²) in [6.07, 6.45) is 11.0. The van der Waals surface area contributed by atoms with E-state index in [0.29, 0.717) is 12.2 Å². The Balaban J connectivity index is 0.000000468. The quantitative estimate of drug-likeness (QED) is 0.236. The van der Waals surface area contributed by atoms with Crippen molar-refractivity contribution in [3.63, 3.8) is 0 Å². The molecular formula is C25H32N2O6. The van der Waals surface area contributed by atoms with E-state index in [9.17, 15) is 24.0 Å². The Morgan fingerprint density at radius 2 is 1.42 bits per heavy atom. The third-order valence-corrected chi connectivity index (χ3v) is 5.35. The lowest BCUT2D eigenvalue weighted by molar-refractivity contribution is -0.152. The normalized spacial score (nSPS) is 15.8. The number of nitrogens with zero attached hydrogens (tertiary/aromatic N) is 1. The minimum atomic E-state index is -0.812. The summed E-state index contributed by atoms with van der Waals surface area (Å²) in [5.74, 6) is -1.29. The van der Waals surface area contributed by atoms with Crippen LogP contribution in [0.2, 0.25) is 0 Å². The van der Waals surface area contributed by atoms with Gasteiger partial charge in [0.05, 0.1) is 0 Å². The van der Waals surface area contributed by atoms with Gasteiger partial charge in [-0.05, 0) is 18.6 Å². The van der Waals surface area contributed by atoms with E-state index in [2.05, 4.69) is 6.92 Å². The minimum Gasteiger partial charge on any atom is -0.425 e. The van der Waals surface area contributed by atoms with Gasteiger partial charge in [-0.2, -0.15) is 0 Å². The third kappa shape index (κ3) is 9.00. The zero-order valence-corrected chi connectivity index (χ0v) is 19.1. The van der Waals surface area contributed by atoms with Crippen molar-refractivity contribution < 1.29 is 28.7 Å². The van der Waals surface area contributed by atoms with Gasteiger partial charge in [0, 0.05) is 25.0 Å². The van der Waals surface area contributed by atoms with Crippen LogP contribution in [0.5, 0.6) is 5.75 Å². The molecule has 8 nitrogen and oxygen atoms in total. The molecule has 4 amide bonds. The maximum absolute atomic E-state index is 12.6. The second-order valence-corrected chi connectivity index (χ2v) is 8.00. The Bertz CT molecular complexity index is 833. The number of rotatable bonds is 11. The number of ether oxygens (including phenoxy) is 1. The summed E-state index contributed by atoms with van der Waals surface area (Å²) in [6.45, 7) is 2.19. The van der Waals surface area contributed by atoms with E-state index in [1.54, 1.807) is 24.3 Å². The first-order valence-electron chi connectivity index (χ1n) is 11.6. The molecule has 1 saturated heterocycles. The molecule has 2 aliphatic heterocycles. The molecule has 0 radical (unpaired) electrons. The minimum absolute atomic E-state index is 0.185. The predicted octanol–water partition coefficient (Wildman–Crippen LogP) is 3.45. The number of carbonyl (C=O) groups excluding carboxylic acids is 5. The van der Waals surface area contributed by atoms with Gasteiger partial charge in [0.2, 0.25) is 11.8 Å². The number of nitrogens with one attached hydrogen (secondary N) is 1. The van der Waals surface area contributed by atoms with E-state index in [0.717, 1.165) is 24.2 Å². The van der Waals surface area contributed by atoms with Crippen molar-refractivity contribution in [1.82, 2.24) is 10.2 Å². The molecule has 2 heterocycles. The van der Waals surface area contributed by atoms with Crippen molar-refractivity contribution in [2.75, 3.05) is 0 Å². The molecule has 1 atom stereocenters. The Kier molecular flexibility index (Phi) is 11.0. The Morgan fingerprint density at radius 1 is 0.879 bits per heavy atom. The highest BCUT2D eigenvalue weighted by atomic mass is 16.5. The van der Waals surface area contributed by atoms with Gasteiger partial charge in [-0.1, -0.05) is 70.1 Å². The van der Waals surface area contributed by atoms with E-state index in [4.69, 9.17) is 4.74 Å². The molecule has 0 saturated carbocycles. The monoisotopic (exact) mass is 456 g/mol. The number of unbranched alkanes of at least 4 members (excludes halogenated alkanes) is 6. The van der Waals surface area contributed by atoms with Crippen molar-refractivity contribution in [3.05, 3.63) is 42.5 Å². The van der Waals surface area contributed by atoms with Crippen LogP contribution >= 0.6 is 0 Å². The molecule has 33 heavy (non-hydrogen) atoms. The Morgan fingerprint density at radius 3 is 1.94 bits per heavy atom. The number of benzene rings is 1.